The Morgan fingerprint density at radius 2 is 2.00 bits per heavy atom. The summed E-state index contributed by atoms with van der Waals surface area (Å²) in [5, 5.41) is 12.0. The van der Waals surface area contributed by atoms with Gasteiger partial charge in [0.1, 0.15) is 6.04 Å². The number of nitrogens with one attached hydrogen (secondary N) is 1. The average Bonchev–Trinajstić information content (AvgIpc) is 3.32. The molecule has 2 amide bonds. The summed E-state index contributed by atoms with van der Waals surface area (Å²) < 4.78 is 5.40. The first-order chi connectivity index (χ1) is 13.0. The fraction of sp³-hybridized carbons (Fsp3) is 0.789. The molecular formula is C19H29N3O4S. The number of carbonyl (C=O) groups excluding carboxylic acids is 3. The molecule has 0 radical (unpaired) electrons. The highest BCUT2D eigenvalue weighted by Gasteiger charge is 2.42. The number of hydrogen-bond acceptors (Lipinski definition) is 6. The first-order valence-electron chi connectivity index (χ1n) is 9.66. The van der Waals surface area contributed by atoms with Crippen molar-refractivity contribution in [1.29, 1.82) is 5.26 Å². The maximum Gasteiger partial charge on any atom is 0.245 e. The maximum absolute atomic E-state index is 12.8. The third kappa shape index (κ3) is 5.94. The van der Waals surface area contributed by atoms with Crippen LogP contribution < -0.4 is 5.32 Å². The van der Waals surface area contributed by atoms with Crippen LogP contribution in [0.2, 0.25) is 0 Å². The number of rotatable bonds is 9. The molecule has 27 heavy (non-hydrogen) atoms. The van der Waals surface area contributed by atoms with Crippen molar-refractivity contribution < 1.29 is 19.1 Å². The van der Waals surface area contributed by atoms with E-state index in [1.165, 1.54) is 11.8 Å². The van der Waals surface area contributed by atoms with Gasteiger partial charge in [-0.3, -0.25) is 14.4 Å². The van der Waals surface area contributed by atoms with Gasteiger partial charge in [-0.25, -0.2) is 0 Å². The standard InChI is InChI=1S/C19H29N3O4S/c1-13(2)26-9-5-8-21-18(24)15(10-20)17(23)16-11-27-12-22(16)19(25)14-6-3-4-7-14/h13-16H,3-9,11-12H2,1-2H3,(H,21,24)/t15-,16+/m1/s1. The van der Waals surface area contributed by atoms with Crippen LogP contribution in [0, 0.1) is 23.2 Å². The van der Waals surface area contributed by atoms with E-state index in [2.05, 4.69) is 5.32 Å². The molecule has 0 aromatic rings. The third-order valence-corrected chi connectivity index (χ3v) is 5.96. The molecule has 2 rings (SSSR count). The second kappa shape index (κ2) is 10.7. The van der Waals surface area contributed by atoms with Gasteiger partial charge in [-0.1, -0.05) is 12.8 Å². The highest BCUT2D eigenvalue weighted by atomic mass is 32.2. The molecule has 1 aliphatic carbocycles. The van der Waals surface area contributed by atoms with Gasteiger partial charge in [0.05, 0.1) is 18.0 Å². The monoisotopic (exact) mass is 395 g/mol. The van der Waals surface area contributed by atoms with Gasteiger partial charge in [0.15, 0.2) is 11.7 Å². The molecule has 1 aliphatic heterocycles. The second-order valence-electron chi connectivity index (χ2n) is 7.33. The van der Waals surface area contributed by atoms with Gasteiger partial charge in [0, 0.05) is 24.8 Å². The lowest BCUT2D eigenvalue weighted by atomic mass is 9.97. The summed E-state index contributed by atoms with van der Waals surface area (Å²) in [4.78, 5) is 39.4. The summed E-state index contributed by atoms with van der Waals surface area (Å²) in [6.45, 7) is 4.72. The van der Waals surface area contributed by atoms with Crippen molar-refractivity contribution >= 4 is 29.4 Å². The normalized spacial score (nSPS) is 21.3. The van der Waals surface area contributed by atoms with Crippen LogP contribution in [-0.4, -0.2) is 59.4 Å². The number of nitriles is 1. The number of thioether (sulfide) groups is 1. The molecule has 150 valence electrons. The molecule has 1 heterocycles. The lowest BCUT2D eigenvalue weighted by Gasteiger charge is -2.26. The first-order valence-corrected chi connectivity index (χ1v) is 10.8. The average molecular weight is 396 g/mol. The van der Waals surface area contributed by atoms with E-state index in [-0.39, 0.29) is 17.9 Å². The number of Topliss-reactive ketones (excluding diaryl/α,β-unsaturated/α-hetero) is 1. The molecule has 1 N–H and O–H groups in total. The topological polar surface area (TPSA) is 99.5 Å². The van der Waals surface area contributed by atoms with Crippen molar-refractivity contribution in [2.75, 3.05) is 24.8 Å². The number of nitrogens with zero attached hydrogens (tertiary/aromatic N) is 2. The Labute approximate surface area is 165 Å². The lowest BCUT2D eigenvalue weighted by Crippen LogP contribution is -2.49. The number of ether oxygens (including phenoxy) is 1. The molecule has 8 heteroatoms. The summed E-state index contributed by atoms with van der Waals surface area (Å²) in [6.07, 6.45) is 4.54. The summed E-state index contributed by atoms with van der Waals surface area (Å²) in [5.74, 6) is -1.54. The molecule has 2 atom stereocenters. The number of ketones is 1. The van der Waals surface area contributed by atoms with E-state index in [0.29, 0.717) is 31.2 Å². The summed E-state index contributed by atoms with van der Waals surface area (Å²) in [6, 6.07) is 1.15. The highest BCUT2D eigenvalue weighted by molar-refractivity contribution is 7.99. The molecule has 0 unspecified atom stereocenters. The predicted octanol–water partition coefficient (Wildman–Crippen LogP) is 1.72. The minimum atomic E-state index is -1.38. The minimum absolute atomic E-state index is 0.00113. The van der Waals surface area contributed by atoms with Gasteiger partial charge in [-0.05, 0) is 33.1 Å². The fourth-order valence-electron chi connectivity index (χ4n) is 3.45. The molecule has 7 nitrogen and oxygen atoms in total. The zero-order valence-corrected chi connectivity index (χ0v) is 16.9. The SMILES string of the molecule is CC(C)OCCCNC(=O)[C@H](C#N)C(=O)[C@@H]1CSCN1C(=O)C1CCCC1. The maximum atomic E-state index is 12.8. The Morgan fingerprint density at radius 3 is 2.63 bits per heavy atom. The molecule has 1 saturated carbocycles. The van der Waals surface area contributed by atoms with Crippen LogP contribution >= 0.6 is 11.8 Å². The largest absolute Gasteiger partial charge is 0.379 e. The number of carbonyl (C=O) groups is 3. The van der Waals surface area contributed by atoms with Crippen LogP contribution in [0.15, 0.2) is 0 Å². The van der Waals surface area contributed by atoms with E-state index >= 15 is 0 Å². The Balaban J connectivity index is 1.89. The van der Waals surface area contributed by atoms with Crippen molar-refractivity contribution in [3.63, 3.8) is 0 Å². The number of hydrogen-bond donors (Lipinski definition) is 1. The van der Waals surface area contributed by atoms with Gasteiger partial charge in [0.25, 0.3) is 0 Å². The van der Waals surface area contributed by atoms with E-state index in [1.54, 1.807) is 4.90 Å². The third-order valence-electron chi connectivity index (χ3n) is 4.95. The minimum Gasteiger partial charge on any atom is -0.379 e. The van der Waals surface area contributed by atoms with Crippen molar-refractivity contribution in [2.24, 2.45) is 11.8 Å². The van der Waals surface area contributed by atoms with Gasteiger partial charge >= 0.3 is 0 Å². The van der Waals surface area contributed by atoms with Crippen molar-refractivity contribution in [3.05, 3.63) is 0 Å². The molecule has 0 spiro atoms. The predicted molar refractivity (Wildman–Crippen MR) is 103 cm³/mol. The molecule has 1 saturated heterocycles. The Hall–Kier alpha value is -1.59. The summed E-state index contributed by atoms with van der Waals surface area (Å²) in [7, 11) is 0. The molecule has 0 aromatic heterocycles. The lowest BCUT2D eigenvalue weighted by molar-refractivity contribution is -0.143. The molecule has 2 aliphatic rings. The van der Waals surface area contributed by atoms with Crippen molar-refractivity contribution in [1.82, 2.24) is 10.2 Å². The van der Waals surface area contributed by atoms with E-state index in [9.17, 15) is 19.6 Å². The molecule has 0 bridgehead atoms. The molecular weight excluding hydrogens is 366 g/mol. The quantitative estimate of drug-likeness (QED) is 0.471. The van der Waals surface area contributed by atoms with Crippen LogP contribution in [0.25, 0.3) is 0 Å². The van der Waals surface area contributed by atoms with Crippen LogP contribution in [0.1, 0.15) is 46.0 Å². The van der Waals surface area contributed by atoms with Crippen LogP contribution in [-0.2, 0) is 19.1 Å². The summed E-state index contributed by atoms with van der Waals surface area (Å²) >= 11 is 1.50. The van der Waals surface area contributed by atoms with E-state index in [0.717, 1.165) is 25.7 Å². The van der Waals surface area contributed by atoms with E-state index < -0.39 is 23.7 Å². The Morgan fingerprint density at radius 1 is 1.30 bits per heavy atom. The first kappa shape index (κ1) is 21.7. The van der Waals surface area contributed by atoms with Gasteiger partial charge in [-0.2, -0.15) is 5.26 Å². The Bertz CT molecular complexity index is 584. The van der Waals surface area contributed by atoms with E-state index in [4.69, 9.17) is 4.74 Å². The smallest absolute Gasteiger partial charge is 0.245 e. The highest BCUT2D eigenvalue weighted by Crippen LogP contribution is 2.31. The number of amides is 2. The van der Waals surface area contributed by atoms with Crippen molar-refractivity contribution in [2.45, 2.75) is 58.1 Å². The summed E-state index contributed by atoms with van der Waals surface area (Å²) in [5.41, 5.74) is 0. The van der Waals surface area contributed by atoms with Crippen LogP contribution in [0.4, 0.5) is 0 Å². The van der Waals surface area contributed by atoms with Crippen molar-refractivity contribution in [3.8, 4) is 6.07 Å². The van der Waals surface area contributed by atoms with Crippen LogP contribution in [0.5, 0.6) is 0 Å². The van der Waals surface area contributed by atoms with Crippen LogP contribution in [0.3, 0.4) is 0 Å². The second-order valence-corrected chi connectivity index (χ2v) is 8.33. The van der Waals surface area contributed by atoms with Gasteiger partial charge in [0.2, 0.25) is 11.8 Å². The van der Waals surface area contributed by atoms with E-state index in [1.807, 2.05) is 19.9 Å². The zero-order chi connectivity index (χ0) is 19.8. The van der Waals surface area contributed by atoms with Gasteiger partial charge in [-0.15, -0.1) is 11.8 Å². The fourth-order valence-corrected chi connectivity index (χ4v) is 4.63. The molecule has 2 fully saturated rings. The Kier molecular flexibility index (Phi) is 8.58. The van der Waals surface area contributed by atoms with Gasteiger partial charge < -0.3 is 15.0 Å². The zero-order valence-electron chi connectivity index (χ0n) is 16.1. The molecule has 0 aromatic carbocycles.